The van der Waals surface area contributed by atoms with Crippen molar-refractivity contribution in [2.75, 3.05) is 6.54 Å². The molecule has 0 radical (unpaired) electrons. The zero-order chi connectivity index (χ0) is 13.2. The summed E-state index contributed by atoms with van der Waals surface area (Å²) in [5, 5.41) is 13.1. The van der Waals surface area contributed by atoms with Crippen LogP contribution in [0.4, 0.5) is 0 Å². The third-order valence-electron chi connectivity index (χ3n) is 3.75. The number of hydrogen-bond donors (Lipinski definition) is 2. The third-order valence-corrected chi connectivity index (χ3v) is 3.75. The molecule has 0 aliphatic heterocycles. The van der Waals surface area contributed by atoms with Crippen LogP contribution in [0, 0.1) is 13.8 Å². The molecule has 0 aromatic heterocycles. The standard InChI is InChI=1S/C15H21NO2/c1-11-5-6-12(2)13(9-11)14(17)16-10-15(18)7-3-4-8-15/h5-6,9,18H,3-4,7-8,10H2,1-2H3,(H,16,17). The van der Waals surface area contributed by atoms with Gasteiger partial charge in [-0.3, -0.25) is 4.79 Å². The molecule has 18 heavy (non-hydrogen) atoms. The highest BCUT2D eigenvalue weighted by Crippen LogP contribution is 2.28. The van der Waals surface area contributed by atoms with Gasteiger partial charge < -0.3 is 10.4 Å². The Labute approximate surface area is 108 Å². The molecule has 0 unspecified atom stereocenters. The van der Waals surface area contributed by atoms with Gasteiger partial charge in [-0.15, -0.1) is 0 Å². The van der Waals surface area contributed by atoms with Gasteiger partial charge in [-0.1, -0.05) is 30.5 Å². The van der Waals surface area contributed by atoms with Crippen molar-refractivity contribution in [1.82, 2.24) is 5.32 Å². The Morgan fingerprint density at radius 3 is 2.67 bits per heavy atom. The van der Waals surface area contributed by atoms with Gasteiger partial charge in [-0.25, -0.2) is 0 Å². The zero-order valence-corrected chi connectivity index (χ0v) is 11.1. The van der Waals surface area contributed by atoms with Crippen LogP contribution in [-0.4, -0.2) is 23.2 Å². The molecule has 1 fully saturated rings. The van der Waals surface area contributed by atoms with Crippen LogP contribution in [0.2, 0.25) is 0 Å². The Balaban J connectivity index is 2.01. The van der Waals surface area contributed by atoms with Crippen LogP contribution >= 0.6 is 0 Å². The first-order valence-electron chi connectivity index (χ1n) is 6.58. The maximum absolute atomic E-state index is 12.1. The number of hydrogen-bond acceptors (Lipinski definition) is 2. The second-order valence-corrected chi connectivity index (χ2v) is 5.43. The minimum Gasteiger partial charge on any atom is -0.388 e. The van der Waals surface area contributed by atoms with E-state index in [1.165, 1.54) is 0 Å². The number of benzene rings is 1. The maximum atomic E-state index is 12.1. The molecule has 0 saturated heterocycles. The third kappa shape index (κ3) is 2.91. The molecule has 1 aliphatic rings. The summed E-state index contributed by atoms with van der Waals surface area (Å²) >= 11 is 0. The van der Waals surface area contributed by atoms with Crippen LogP contribution in [0.5, 0.6) is 0 Å². The van der Waals surface area contributed by atoms with E-state index in [4.69, 9.17) is 0 Å². The Bertz CT molecular complexity index is 448. The van der Waals surface area contributed by atoms with E-state index in [-0.39, 0.29) is 5.91 Å². The number of nitrogens with one attached hydrogen (secondary N) is 1. The van der Waals surface area contributed by atoms with Gasteiger partial charge in [-0.2, -0.15) is 0 Å². The monoisotopic (exact) mass is 247 g/mol. The number of rotatable bonds is 3. The molecular formula is C15H21NO2. The predicted molar refractivity (Wildman–Crippen MR) is 71.7 cm³/mol. The van der Waals surface area contributed by atoms with Gasteiger partial charge in [0.15, 0.2) is 0 Å². The summed E-state index contributed by atoms with van der Waals surface area (Å²) in [5.41, 5.74) is 2.06. The van der Waals surface area contributed by atoms with E-state index in [1.807, 2.05) is 32.0 Å². The highest BCUT2D eigenvalue weighted by atomic mass is 16.3. The molecule has 0 spiro atoms. The lowest BCUT2D eigenvalue weighted by Gasteiger charge is -2.22. The summed E-state index contributed by atoms with van der Waals surface area (Å²) in [6, 6.07) is 5.84. The van der Waals surface area contributed by atoms with Crippen molar-refractivity contribution in [1.29, 1.82) is 0 Å². The van der Waals surface area contributed by atoms with Gasteiger partial charge in [0.2, 0.25) is 0 Å². The fourth-order valence-electron chi connectivity index (χ4n) is 2.53. The highest BCUT2D eigenvalue weighted by molar-refractivity contribution is 5.95. The molecule has 1 amide bonds. The average Bonchev–Trinajstić information content (AvgIpc) is 2.77. The average molecular weight is 247 g/mol. The lowest BCUT2D eigenvalue weighted by atomic mass is 10.0. The predicted octanol–water partition coefficient (Wildman–Crippen LogP) is 2.34. The van der Waals surface area contributed by atoms with Crippen LogP contribution in [0.25, 0.3) is 0 Å². The molecule has 2 N–H and O–H groups in total. The summed E-state index contributed by atoms with van der Waals surface area (Å²) in [7, 11) is 0. The van der Waals surface area contributed by atoms with Crippen molar-refractivity contribution in [3.05, 3.63) is 34.9 Å². The summed E-state index contributed by atoms with van der Waals surface area (Å²) in [4.78, 5) is 12.1. The lowest BCUT2D eigenvalue weighted by Crippen LogP contribution is -2.40. The van der Waals surface area contributed by atoms with Gasteiger partial charge in [0.1, 0.15) is 0 Å². The Hall–Kier alpha value is -1.35. The van der Waals surface area contributed by atoms with Crippen molar-refractivity contribution in [2.24, 2.45) is 0 Å². The van der Waals surface area contributed by atoms with E-state index in [0.717, 1.165) is 36.8 Å². The molecule has 1 aromatic carbocycles. The second-order valence-electron chi connectivity index (χ2n) is 5.43. The van der Waals surface area contributed by atoms with Crippen LogP contribution in [0.1, 0.15) is 47.2 Å². The molecular weight excluding hydrogens is 226 g/mol. The van der Waals surface area contributed by atoms with Gasteiger partial charge in [-0.05, 0) is 38.3 Å². The number of aliphatic hydroxyl groups is 1. The maximum Gasteiger partial charge on any atom is 0.251 e. The summed E-state index contributed by atoms with van der Waals surface area (Å²) in [6.45, 7) is 4.26. The molecule has 1 aromatic rings. The van der Waals surface area contributed by atoms with Gasteiger partial charge in [0.25, 0.3) is 5.91 Å². The van der Waals surface area contributed by atoms with Crippen molar-refractivity contribution in [2.45, 2.75) is 45.1 Å². The number of carbonyl (C=O) groups excluding carboxylic acids is 1. The lowest BCUT2D eigenvalue weighted by molar-refractivity contribution is 0.0449. The fraction of sp³-hybridized carbons (Fsp3) is 0.533. The SMILES string of the molecule is Cc1ccc(C)c(C(=O)NCC2(O)CCCC2)c1. The minimum absolute atomic E-state index is 0.0866. The van der Waals surface area contributed by atoms with Crippen LogP contribution < -0.4 is 5.32 Å². The van der Waals surface area contributed by atoms with Crippen LogP contribution in [-0.2, 0) is 0 Å². The van der Waals surface area contributed by atoms with Gasteiger partial charge >= 0.3 is 0 Å². The van der Waals surface area contributed by atoms with Gasteiger partial charge in [0.05, 0.1) is 5.60 Å². The zero-order valence-electron chi connectivity index (χ0n) is 11.1. The normalized spacial score (nSPS) is 17.7. The number of amides is 1. The summed E-state index contributed by atoms with van der Waals surface area (Å²) in [5.74, 6) is -0.0866. The molecule has 3 heteroatoms. The molecule has 98 valence electrons. The number of aryl methyl sites for hydroxylation is 2. The quantitative estimate of drug-likeness (QED) is 0.861. The first-order valence-corrected chi connectivity index (χ1v) is 6.58. The smallest absolute Gasteiger partial charge is 0.251 e. The molecule has 0 bridgehead atoms. The summed E-state index contributed by atoms with van der Waals surface area (Å²) in [6.07, 6.45) is 3.69. The van der Waals surface area contributed by atoms with E-state index >= 15 is 0 Å². The Kier molecular flexibility index (Phi) is 3.71. The molecule has 2 rings (SSSR count). The van der Waals surface area contributed by atoms with E-state index in [2.05, 4.69) is 5.32 Å². The van der Waals surface area contributed by atoms with E-state index in [9.17, 15) is 9.90 Å². The molecule has 3 nitrogen and oxygen atoms in total. The molecule has 1 aliphatic carbocycles. The van der Waals surface area contributed by atoms with E-state index in [0.29, 0.717) is 12.1 Å². The summed E-state index contributed by atoms with van der Waals surface area (Å²) < 4.78 is 0. The first kappa shape index (κ1) is 13.1. The van der Waals surface area contributed by atoms with Crippen molar-refractivity contribution < 1.29 is 9.90 Å². The fourth-order valence-corrected chi connectivity index (χ4v) is 2.53. The first-order chi connectivity index (χ1) is 8.50. The van der Waals surface area contributed by atoms with Crippen LogP contribution in [0.3, 0.4) is 0 Å². The van der Waals surface area contributed by atoms with Crippen molar-refractivity contribution in [3.8, 4) is 0 Å². The van der Waals surface area contributed by atoms with E-state index < -0.39 is 5.60 Å². The number of carbonyl (C=O) groups is 1. The Morgan fingerprint density at radius 2 is 2.00 bits per heavy atom. The van der Waals surface area contributed by atoms with E-state index in [1.54, 1.807) is 0 Å². The minimum atomic E-state index is -0.687. The van der Waals surface area contributed by atoms with Crippen LogP contribution in [0.15, 0.2) is 18.2 Å². The Morgan fingerprint density at radius 1 is 1.33 bits per heavy atom. The molecule has 1 saturated carbocycles. The van der Waals surface area contributed by atoms with Crippen molar-refractivity contribution in [3.63, 3.8) is 0 Å². The van der Waals surface area contributed by atoms with Gasteiger partial charge in [0, 0.05) is 12.1 Å². The topological polar surface area (TPSA) is 49.3 Å². The largest absolute Gasteiger partial charge is 0.388 e. The molecule has 0 heterocycles. The highest BCUT2D eigenvalue weighted by Gasteiger charge is 2.31. The molecule has 0 atom stereocenters. The van der Waals surface area contributed by atoms with Crippen molar-refractivity contribution >= 4 is 5.91 Å². The second kappa shape index (κ2) is 5.11.